The number of carbonyl (C=O) groups is 1. The second-order valence-electron chi connectivity index (χ2n) is 6.22. The van der Waals surface area contributed by atoms with Gasteiger partial charge >= 0.3 is 0 Å². The first-order valence-corrected chi connectivity index (χ1v) is 7.41. The number of nitrogens with one attached hydrogen (secondary N) is 1. The van der Waals surface area contributed by atoms with Gasteiger partial charge < -0.3 is 4.90 Å². The summed E-state index contributed by atoms with van der Waals surface area (Å²) in [5.74, 6) is 0.767. The third-order valence-corrected chi connectivity index (χ3v) is 4.09. The number of rotatable bonds is 4. The maximum absolute atomic E-state index is 12.4. The SMILES string of the molecule is C[C@@H]1C[C@@H](C)C[NH+](CC(=O)[C@@H](C#N)c2ccccc2)C1. The van der Waals surface area contributed by atoms with E-state index in [0.29, 0.717) is 18.4 Å². The van der Waals surface area contributed by atoms with Crippen LogP contribution in [0.1, 0.15) is 31.7 Å². The Balaban J connectivity index is 2.02. The minimum Gasteiger partial charge on any atom is -0.328 e. The van der Waals surface area contributed by atoms with Gasteiger partial charge in [-0.05, 0) is 12.0 Å². The van der Waals surface area contributed by atoms with E-state index in [-0.39, 0.29) is 5.78 Å². The number of Topliss-reactive ketones (excluding diaryl/α,β-unsaturated/α-hetero) is 1. The van der Waals surface area contributed by atoms with Crippen molar-refractivity contribution in [1.82, 2.24) is 0 Å². The zero-order valence-electron chi connectivity index (χ0n) is 12.3. The Morgan fingerprint density at radius 2 is 1.90 bits per heavy atom. The Morgan fingerprint density at radius 3 is 2.45 bits per heavy atom. The van der Waals surface area contributed by atoms with Crippen molar-refractivity contribution in [2.24, 2.45) is 11.8 Å². The lowest BCUT2D eigenvalue weighted by molar-refractivity contribution is -0.904. The molecule has 0 radical (unpaired) electrons. The molecule has 0 bridgehead atoms. The average molecular weight is 271 g/mol. The monoisotopic (exact) mass is 271 g/mol. The molecule has 3 atom stereocenters. The third kappa shape index (κ3) is 3.68. The van der Waals surface area contributed by atoms with Crippen LogP contribution in [0.2, 0.25) is 0 Å². The summed E-state index contributed by atoms with van der Waals surface area (Å²) in [4.78, 5) is 13.7. The highest BCUT2D eigenvalue weighted by Gasteiger charge is 2.29. The summed E-state index contributed by atoms with van der Waals surface area (Å²) in [7, 11) is 0. The minimum absolute atomic E-state index is 0.0509. The quantitative estimate of drug-likeness (QED) is 0.900. The lowest BCUT2D eigenvalue weighted by Crippen LogP contribution is -3.15. The lowest BCUT2D eigenvalue weighted by Gasteiger charge is -2.31. The van der Waals surface area contributed by atoms with Crippen LogP contribution in [-0.4, -0.2) is 25.4 Å². The van der Waals surface area contributed by atoms with Crippen LogP contribution in [0.25, 0.3) is 0 Å². The molecule has 1 N–H and O–H groups in total. The molecular formula is C17H23N2O+. The average Bonchev–Trinajstić information content (AvgIpc) is 2.39. The van der Waals surface area contributed by atoms with Gasteiger partial charge in [-0.25, -0.2) is 0 Å². The number of benzene rings is 1. The van der Waals surface area contributed by atoms with E-state index in [1.54, 1.807) is 0 Å². The van der Waals surface area contributed by atoms with Gasteiger partial charge in [0.25, 0.3) is 0 Å². The van der Waals surface area contributed by atoms with Crippen LogP contribution in [0.15, 0.2) is 30.3 Å². The fourth-order valence-electron chi connectivity index (χ4n) is 3.39. The van der Waals surface area contributed by atoms with Gasteiger partial charge in [0.05, 0.1) is 19.2 Å². The molecule has 0 saturated carbocycles. The molecule has 2 rings (SSSR count). The van der Waals surface area contributed by atoms with Gasteiger partial charge in [-0.3, -0.25) is 4.79 Å². The van der Waals surface area contributed by atoms with E-state index in [4.69, 9.17) is 0 Å². The lowest BCUT2D eigenvalue weighted by atomic mass is 9.90. The first kappa shape index (κ1) is 14.7. The van der Waals surface area contributed by atoms with Crippen LogP contribution in [-0.2, 0) is 4.79 Å². The van der Waals surface area contributed by atoms with Crippen molar-refractivity contribution < 1.29 is 9.69 Å². The first-order valence-electron chi connectivity index (χ1n) is 7.41. The molecular weight excluding hydrogens is 248 g/mol. The number of hydrogen-bond acceptors (Lipinski definition) is 2. The predicted octanol–water partition coefficient (Wildman–Crippen LogP) is 1.42. The number of nitriles is 1. The van der Waals surface area contributed by atoms with E-state index in [0.717, 1.165) is 18.7 Å². The Kier molecular flexibility index (Phi) is 4.92. The minimum atomic E-state index is -0.615. The van der Waals surface area contributed by atoms with Crippen molar-refractivity contribution in [1.29, 1.82) is 5.26 Å². The zero-order chi connectivity index (χ0) is 14.5. The molecule has 3 heteroatoms. The molecule has 1 aliphatic heterocycles. The second-order valence-corrected chi connectivity index (χ2v) is 6.22. The number of carbonyl (C=O) groups excluding carboxylic acids is 1. The Morgan fingerprint density at radius 1 is 1.30 bits per heavy atom. The van der Waals surface area contributed by atoms with Crippen molar-refractivity contribution in [3.8, 4) is 6.07 Å². The summed E-state index contributed by atoms with van der Waals surface area (Å²) in [6, 6.07) is 11.6. The number of ketones is 1. The van der Waals surface area contributed by atoms with Crippen molar-refractivity contribution in [3.05, 3.63) is 35.9 Å². The van der Waals surface area contributed by atoms with E-state index >= 15 is 0 Å². The molecule has 20 heavy (non-hydrogen) atoms. The van der Waals surface area contributed by atoms with E-state index in [1.165, 1.54) is 11.3 Å². The molecule has 0 aromatic heterocycles. The molecule has 1 saturated heterocycles. The van der Waals surface area contributed by atoms with E-state index in [2.05, 4.69) is 19.9 Å². The topological polar surface area (TPSA) is 45.3 Å². The molecule has 1 fully saturated rings. The van der Waals surface area contributed by atoms with E-state index in [9.17, 15) is 10.1 Å². The molecule has 106 valence electrons. The van der Waals surface area contributed by atoms with Gasteiger partial charge in [-0.2, -0.15) is 5.26 Å². The number of likely N-dealkylation sites (tertiary alicyclic amines) is 1. The third-order valence-electron chi connectivity index (χ3n) is 4.09. The molecule has 1 heterocycles. The highest BCUT2D eigenvalue weighted by Crippen LogP contribution is 2.16. The van der Waals surface area contributed by atoms with Gasteiger partial charge in [0.2, 0.25) is 5.78 Å². The van der Waals surface area contributed by atoms with E-state index in [1.807, 2.05) is 30.3 Å². The van der Waals surface area contributed by atoms with Crippen molar-refractivity contribution in [2.75, 3.05) is 19.6 Å². The summed E-state index contributed by atoms with van der Waals surface area (Å²) >= 11 is 0. The highest BCUT2D eigenvalue weighted by molar-refractivity contribution is 5.89. The number of piperidine rings is 1. The van der Waals surface area contributed by atoms with Crippen molar-refractivity contribution in [3.63, 3.8) is 0 Å². The second kappa shape index (κ2) is 6.67. The summed E-state index contributed by atoms with van der Waals surface area (Å²) in [5.41, 5.74) is 0.817. The van der Waals surface area contributed by atoms with Crippen molar-refractivity contribution >= 4 is 5.78 Å². The normalized spacial score (nSPS) is 27.6. The van der Waals surface area contributed by atoms with Crippen LogP contribution in [0, 0.1) is 23.2 Å². The van der Waals surface area contributed by atoms with Crippen LogP contribution in [0.5, 0.6) is 0 Å². The highest BCUT2D eigenvalue weighted by atomic mass is 16.1. The molecule has 0 amide bonds. The van der Waals surface area contributed by atoms with Crippen LogP contribution < -0.4 is 4.90 Å². The molecule has 1 aromatic carbocycles. The largest absolute Gasteiger partial charge is 0.328 e. The molecule has 0 spiro atoms. The molecule has 0 unspecified atom stereocenters. The maximum Gasteiger partial charge on any atom is 0.208 e. The zero-order valence-corrected chi connectivity index (χ0v) is 12.3. The van der Waals surface area contributed by atoms with Crippen molar-refractivity contribution in [2.45, 2.75) is 26.2 Å². The summed E-state index contributed by atoms with van der Waals surface area (Å²) < 4.78 is 0. The maximum atomic E-state index is 12.4. The summed E-state index contributed by atoms with van der Waals surface area (Å²) in [6.07, 6.45) is 1.25. The first-order chi connectivity index (χ1) is 9.60. The van der Waals surface area contributed by atoms with Crippen LogP contribution >= 0.6 is 0 Å². The van der Waals surface area contributed by atoms with E-state index < -0.39 is 5.92 Å². The Hall–Kier alpha value is -1.66. The van der Waals surface area contributed by atoms with Gasteiger partial charge in [0, 0.05) is 11.8 Å². The Labute approximate surface area is 121 Å². The summed E-state index contributed by atoms with van der Waals surface area (Å²) in [5, 5.41) is 9.30. The smallest absolute Gasteiger partial charge is 0.208 e. The van der Waals surface area contributed by atoms with Gasteiger partial charge in [0.15, 0.2) is 0 Å². The fourth-order valence-corrected chi connectivity index (χ4v) is 3.39. The molecule has 1 aliphatic rings. The fraction of sp³-hybridized carbons (Fsp3) is 0.529. The van der Waals surface area contributed by atoms with Gasteiger partial charge in [-0.1, -0.05) is 44.2 Å². The number of hydrogen-bond donors (Lipinski definition) is 1. The molecule has 0 aliphatic carbocycles. The number of nitrogens with zero attached hydrogens (tertiary/aromatic N) is 1. The van der Waals surface area contributed by atoms with Crippen LogP contribution in [0.3, 0.4) is 0 Å². The van der Waals surface area contributed by atoms with Crippen LogP contribution in [0.4, 0.5) is 0 Å². The standard InChI is InChI=1S/C17H22N2O/c1-13-8-14(2)11-19(10-13)12-17(20)16(9-18)15-6-4-3-5-7-15/h3-7,13-14,16H,8,10-12H2,1-2H3/p+1/t13-,14-,16+/m1/s1. The summed E-state index contributed by atoms with van der Waals surface area (Å²) in [6.45, 7) is 7.06. The van der Waals surface area contributed by atoms with Gasteiger partial charge in [0.1, 0.15) is 12.5 Å². The van der Waals surface area contributed by atoms with Gasteiger partial charge in [-0.15, -0.1) is 0 Å². The number of quaternary nitrogens is 1. The predicted molar refractivity (Wildman–Crippen MR) is 78.3 cm³/mol. The molecule has 1 aromatic rings. The Bertz CT molecular complexity index is 481. The molecule has 3 nitrogen and oxygen atoms in total.